The molecule has 0 atom stereocenters. The van der Waals surface area contributed by atoms with Crippen LogP contribution in [0.1, 0.15) is 31.7 Å². The number of hydrogen-bond acceptors (Lipinski definition) is 4. The van der Waals surface area contributed by atoms with Gasteiger partial charge in [-0.25, -0.2) is 8.78 Å². The van der Waals surface area contributed by atoms with E-state index < -0.39 is 11.6 Å². The van der Waals surface area contributed by atoms with Gasteiger partial charge in [0.1, 0.15) is 0 Å². The first-order valence-corrected chi connectivity index (χ1v) is 9.67. The largest absolute Gasteiger partial charge is 0.352 e. The summed E-state index contributed by atoms with van der Waals surface area (Å²) in [5, 5.41) is 0. The number of benzene rings is 1. The van der Waals surface area contributed by atoms with Gasteiger partial charge in [0.05, 0.1) is 26.4 Å². The fourth-order valence-corrected chi connectivity index (χ4v) is 3.38. The van der Waals surface area contributed by atoms with E-state index in [2.05, 4.69) is 6.08 Å². The smallest absolute Gasteiger partial charge is 0.159 e. The molecule has 2 aliphatic rings. The average Bonchev–Trinajstić information content (AvgIpc) is 2.69. The van der Waals surface area contributed by atoms with Gasteiger partial charge in [0, 0.05) is 18.3 Å². The van der Waals surface area contributed by atoms with E-state index >= 15 is 0 Å². The van der Waals surface area contributed by atoms with Gasteiger partial charge < -0.3 is 18.9 Å². The lowest BCUT2D eigenvalue weighted by molar-refractivity contribution is -0.215. The highest BCUT2D eigenvalue weighted by molar-refractivity contribution is 5.17. The van der Waals surface area contributed by atoms with Crippen molar-refractivity contribution in [2.24, 2.45) is 11.8 Å². The van der Waals surface area contributed by atoms with Crippen LogP contribution in [-0.4, -0.2) is 39.0 Å². The Morgan fingerprint density at radius 3 is 2.22 bits per heavy atom. The Balaban J connectivity index is 1.30. The highest BCUT2D eigenvalue weighted by Gasteiger charge is 2.25. The molecule has 6 heteroatoms. The molecule has 2 aliphatic heterocycles. The van der Waals surface area contributed by atoms with E-state index in [1.54, 1.807) is 6.07 Å². The van der Waals surface area contributed by atoms with E-state index in [1.807, 2.05) is 13.0 Å². The van der Waals surface area contributed by atoms with Crippen molar-refractivity contribution < 1.29 is 27.7 Å². The standard InChI is InChI=1S/C21H28F2O4/c1-2-3-16-11-24-21(25-12-16)9-6-17-13-26-20(27-14-17)8-5-15-4-7-18(22)19(23)10-15/h2-4,7,10,16-17,20-21H,5-6,8-9,11-14H2,1H3/b3-2+. The highest BCUT2D eigenvalue weighted by atomic mass is 19.2. The van der Waals surface area contributed by atoms with Crippen molar-refractivity contribution >= 4 is 0 Å². The summed E-state index contributed by atoms with van der Waals surface area (Å²) in [6.45, 7) is 4.69. The number of ether oxygens (including phenoxy) is 4. The number of hydrogen-bond donors (Lipinski definition) is 0. The lowest BCUT2D eigenvalue weighted by atomic mass is 10.0. The molecular formula is C21H28F2O4. The minimum atomic E-state index is -0.824. The fraction of sp³-hybridized carbons (Fsp3) is 0.619. The topological polar surface area (TPSA) is 36.9 Å². The van der Waals surface area contributed by atoms with Crippen LogP contribution >= 0.6 is 0 Å². The zero-order chi connectivity index (χ0) is 19.1. The summed E-state index contributed by atoms with van der Waals surface area (Å²) in [5.74, 6) is -0.967. The lowest BCUT2D eigenvalue weighted by Gasteiger charge is -2.32. The van der Waals surface area contributed by atoms with Crippen molar-refractivity contribution in [1.29, 1.82) is 0 Å². The molecule has 0 amide bonds. The number of halogens is 2. The molecule has 0 N–H and O–H groups in total. The van der Waals surface area contributed by atoms with Crippen molar-refractivity contribution in [3.05, 3.63) is 47.5 Å². The van der Waals surface area contributed by atoms with Crippen molar-refractivity contribution in [1.82, 2.24) is 0 Å². The van der Waals surface area contributed by atoms with Crippen molar-refractivity contribution in [3.8, 4) is 0 Å². The molecule has 3 rings (SSSR count). The lowest BCUT2D eigenvalue weighted by Crippen LogP contribution is -2.35. The SMILES string of the molecule is C/C=C/C1COC(CCC2COC(CCc3ccc(F)c(F)c3)OC2)OC1. The summed E-state index contributed by atoms with van der Waals surface area (Å²) in [5.41, 5.74) is 0.742. The third kappa shape index (κ3) is 6.35. The maximum absolute atomic E-state index is 13.2. The van der Waals surface area contributed by atoms with Crippen LogP contribution in [0.3, 0.4) is 0 Å². The molecule has 2 fully saturated rings. The van der Waals surface area contributed by atoms with Gasteiger partial charge in [-0.2, -0.15) is 0 Å². The molecule has 1 aromatic carbocycles. The molecule has 2 heterocycles. The molecule has 0 spiro atoms. The zero-order valence-electron chi connectivity index (χ0n) is 15.7. The number of allylic oxidation sites excluding steroid dienone is 1. The monoisotopic (exact) mass is 382 g/mol. The molecule has 27 heavy (non-hydrogen) atoms. The number of rotatable bonds is 7. The quantitative estimate of drug-likeness (QED) is 0.662. The minimum absolute atomic E-state index is 0.141. The molecule has 150 valence electrons. The van der Waals surface area contributed by atoms with E-state index in [0.29, 0.717) is 51.1 Å². The summed E-state index contributed by atoms with van der Waals surface area (Å²) in [6, 6.07) is 3.97. The summed E-state index contributed by atoms with van der Waals surface area (Å²) >= 11 is 0. The Bertz CT molecular complexity index is 606. The van der Waals surface area contributed by atoms with Crippen LogP contribution in [0.15, 0.2) is 30.4 Å². The molecule has 0 bridgehead atoms. The third-order valence-corrected chi connectivity index (χ3v) is 4.96. The predicted octanol–water partition coefficient (Wildman–Crippen LogP) is 4.23. The molecule has 0 aliphatic carbocycles. The van der Waals surface area contributed by atoms with Crippen LogP contribution in [0.25, 0.3) is 0 Å². The van der Waals surface area contributed by atoms with Crippen molar-refractivity contribution in [2.45, 2.75) is 45.2 Å². The Kier molecular flexibility index (Phi) is 7.76. The second-order valence-electron chi connectivity index (χ2n) is 7.21. The first-order chi connectivity index (χ1) is 13.1. The van der Waals surface area contributed by atoms with E-state index in [9.17, 15) is 8.78 Å². The van der Waals surface area contributed by atoms with E-state index in [-0.39, 0.29) is 12.6 Å². The van der Waals surface area contributed by atoms with Gasteiger partial charge in [-0.15, -0.1) is 0 Å². The van der Waals surface area contributed by atoms with Gasteiger partial charge in [0.25, 0.3) is 0 Å². The van der Waals surface area contributed by atoms with Gasteiger partial charge >= 0.3 is 0 Å². The molecule has 0 saturated carbocycles. The first-order valence-electron chi connectivity index (χ1n) is 9.67. The van der Waals surface area contributed by atoms with Gasteiger partial charge in [-0.1, -0.05) is 18.2 Å². The number of aryl methyl sites for hydroxylation is 1. The first kappa shape index (κ1) is 20.4. The van der Waals surface area contributed by atoms with Crippen LogP contribution in [0, 0.1) is 23.5 Å². The highest BCUT2D eigenvalue weighted by Crippen LogP contribution is 2.23. The zero-order valence-corrected chi connectivity index (χ0v) is 15.7. The molecule has 0 radical (unpaired) electrons. The summed E-state index contributed by atoms with van der Waals surface area (Å²) in [4.78, 5) is 0. The van der Waals surface area contributed by atoms with Gasteiger partial charge in [-0.05, 0) is 43.9 Å². The van der Waals surface area contributed by atoms with E-state index in [0.717, 1.165) is 24.5 Å². The second-order valence-corrected chi connectivity index (χ2v) is 7.21. The third-order valence-electron chi connectivity index (χ3n) is 4.96. The molecule has 0 unspecified atom stereocenters. The summed E-state index contributed by atoms with van der Waals surface area (Å²) in [6.07, 6.45) is 6.67. The van der Waals surface area contributed by atoms with Crippen LogP contribution in [0.5, 0.6) is 0 Å². The molecule has 2 saturated heterocycles. The molecule has 1 aromatic rings. The average molecular weight is 382 g/mol. The van der Waals surface area contributed by atoms with Crippen LogP contribution in [0.2, 0.25) is 0 Å². The summed E-state index contributed by atoms with van der Waals surface area (Å²) in [7, 11) is 0. The van der Waals surface area contributed by atoms with Crippen LogP contribution in [-0.2, 0) is 25.4 Å². The maximum atomic E-state index is 13.2. The van der Waals surface area contributed by atoms with Gasteiger partial charge in [0.2, 0.25) is 0 Å². The Labute approximate surface area is 159 Å². The second kappa shape index (κ2) is 10.3. The molecule has 0 aromatic heterocycles. The van der Waals surface area contributed by atoms with Gasteiger partial charge in [-0.3, -0.25) is 0 Å². The molecule has 4 nitrogen and oxygen atoms in total. The minimum Gasteiger partial charge on any atom is -0.352 e. The predicted molar refractivity (Wildman–Crippen MR) is 97.1 cm³/mol. The van der Waals surface area contributed by atoms with Crippen LogP contribution in [0.4, 0.5) is 8.78 Å². The van der Waals surface area contributed by atoms with Crippen LogP contribution < -0.4 is 0 Å². The van der Waals surface area contributed by atoms with E-state index in [1.165, 1.54) is 6.07 Å². The summed E-state index contributed by atoms with van der Waals surface area (Å²) < 4.78 is 49.2. The Morgan fingerprint density at radius 1 is 0.889 bits per heavy atom. The fourth-order valence-electron chi connectivity index (χ4n) is 3.38. The van der Waals surface area contributed by atoms with E-state index in [4.69, 9.17) is 18.9 Å². The maximum Gasteiger partial charge on any atom is 0.159 e. The van der Waals surface area contributed by atoms with Gasteiger partial charge in [0.15, 0.2) is 24.2 Å². The Morgan fingerprint density at radius 2 is 1.56 bits per heavy atom. The molecular weight excluding hydrogens is 354 g/mol. The normalized spacial score (nSPS) is 29.3. The van der Waals surface area contributed by atoms with Crippen molar-refractivity contribution in [2.75, 3.05) is 26.4 Å². The van der Waals surface area contributed by atoms with Crippen molar-refractivity contribution in [3.63, 3.8) is 0 Å². The Hall–Kier alpha value is -1.34.